The first-order chi connectivity index (χ1) is 17.5. The SMILES string of the molecule is Cc1ccc(-c2nc3c(nc2-c2ccc(C)cc2)N(CCCCCc2cc(O)no2)CC(O)C3)cc1. The lowest BCUT2D eigenvalue weighted by Gasteiger charge is -2.33. The Morgan fingerprint density at radius 3 is 2.14 bits per heavy atom. The van der Waals surface area contributed by atoms with Gasteiger partial charge in [0.15, 0.2) is 5.82 Å². The Balaban J connectivity index is 1.41. The average molecular weight is 485 g/mol. The third-order valence-electron chi connectivity index (χ3n) is 6.65. The normalized spacial score (nSPS) is 15.2. The first kappa shape index (κ1) is 24.0. The van der Waals surface area contributed by atoms with Crippen molar-refractivity contribution in [3.63, 3.8) is 0 Å². The minimum absolute atomic E-state index is 0.0723. The van der Waals surface area contributed by atoms with Crippen LogP contribution in [0.25, 0.3) is 22.5 Å². The Labute approximate surface area is 211 Å². The van der Waals surface area contributed by atoms with Crippen molar-refractivity contribution in [3.05, 3.63) is 77.2 Å². The Bertz CT molecular complexity index is 1320. The van der Waals surface area contributed by atoms with Gasteiger partial charge in [0.1, 0.15) is 5.76 Å². The van der Waals surface area contributed by atoms with Crippen LogP contribution in [0.5, 0.6) is 5.88 Å². The second kappa shape index (κ2) is 10.5. The van der Waals surface area contributed by atoms with Gasteiger partial charge < -0.3 is 19.6 Å². The molecule has 186 valence electrons. The molecule has 0 bridgehead atoms. The lowest BCUT2D eigenvalue weighted by molar-refractivity contribution is 0.173. The highest BCUT2D eigenvalue weighted by molar-refractivity contribution is 5.80. The fourth-order valence-electron chi connectivity index (χ4n) is 4.70. The second-order valence-electron chi connectivity index (χ2n) is 9.69. The molecule has 2 aromatic carbocycles. The molecule has 0 spiro atoms. The Morgan fingerprint density at radius 2 is 1.53 bits per heavy atom. The largest absolute Gasteiger partial charge is 0.491 e. The van der Waals surface area contributed by atoms with Crippen molar-refractivity contribution in [1.82, 2.24) is 15.1 Å². The van der Waals surface area contributed by atoms with Crippen LogP contribution in [-0.2, 0) is 12.8 Å². The zero-order valence-electron chi connectivity index (χ0n) is 20.8. The number of anilines is 1. The van der Waals surface area contributed by atoms with Crippen molar-refractivity contribution in [1.29, 1.82) is 0 Å². The maximum atomic E-state index is 10.6. The highest BCUT2D eigenvalue weighted by atomic mass is 16.5. The van der Waals surface area contributed by atoms with E-state index in [0.29, 0.717) is 18.7 Å². The molecule has 1 aliphatic heterocycles. The van der Waals surface area contributed by atoms with Crippen LogP contribution in [0.1, 0.15) is 41.8 Å². The molecule has 0 fully saturated rings. The van der Waals surface area contributed by atoms with Gasteiger partial charge in [0.25, 0.3) is 5.88 Å². The predicted octanol–water partition coefficient (Wildman–Crippen LogP) is 5.26. The molecule has 5 rings (SSSR count). The van der Waals surface area contributed by atoms with Gasteiger partial charge in [-0.2, -0.15) is 0 Å². The van der Waals surface area contributed by atoms with Gasteiger partial charge >= 0.3 is 0 Å². The molecule has 36 heavy (non-hydrogen) atoms. The monoisotopic (exact) mass is 484 g/mol. The fourth-order valence-corrected chi connectivity index (χ4v) is 4.70. The van der Waals surface area contributed by atoms with Gasteiger partial charge in [-0.1, -0.05) is 66.1 Å². The molecule has 3 heterocycles. The van der Waals surface area contributed by atoms with Gasteiger partial charge in [-0.15, -0.1) is 0 Å². The number of hydrogen-bond acceptors (Lipinski definition) is 7. The zero-order chi connectivity index (χ0) is 25.1. The van der Waals surface area contributed by atoms with E-state index in [1.54, 1.807) is 6.07 Å². The molecular weight excluding hydrogens is 452 g/mol. The maximum Gasteiger partial charge on any atom is 0.251 e. The summed E-state index contributed by atoms with van der Waals surface area (Å²) < 4.78 is 5.08. The van der Waals surface area contributed by atoms with Crippen LogP contribution < -0.4 is 4.90 Å². The average Bonchev–Trinajstić information content (AvgIpc) is 3.29. The van der Waals surface area contributed by atoms with E-state index in [-0.39, 0.29) is 5.88 Å². The summed E-state index contributed by atoms with van der Waals surface area (Å²) >= 11 is 0. The van der Waals surface area contributed by atoms with Gasteiger partial charge in [-0.05, 0) is 31.8 Å². The summed E-state index contributed by atoms with van der Waals surface area (Å²) in [5.74, 6) is 1.49. The highest BCUT2D eigenvalue weighted by Crippen LogP contribution is 2.35. The molecule has 7 heteroatoms. The lowest BCUT2D eigenvalue weighted by atomic mass is 10.00. The number of β-amino-alcohol motifs (C(OH)–C–C–N with tert-alkyl or cyclic N) is 1. The zero-order valence-corrected chi connectivity index (χ0v) is 20.8. The number of aliphatic hydroxyl groups is 1. The molecule has 0 radical (unpaired) electrons. The van der Waals surface area contributed by atoms with Crippen molar-refractivity contribution in [2.45, 2.75) is 52.1 Å². The fraction of sp³-hybridized carbons (Fsp3) is 0.345. The smallest absolute Gasteiger partial charge is 0.251 e. The Kier molecular flexibility index (Phi) is 7.00. The number of aliphatic hydroxyl groups excluding tert-OH is 1. The molecule has 0 saturated heterocycles. The van der Waals surface area contributed by atoms with Crippen molar-refractivity contribution in [2.75, 3.05) is 18.0 Å². The van der Waals surface area contributed by atoms with Crippen molar-refractivity contribution < 1.29 is 14.7 Å². The van der Waals surface area contributed by atoms with Crippen molar-refractivity contribution >= 4 is 5.82 Å². The van der Waals surface area contributed by atoms with E-state index in [4.69, 9.17) is 14.5 Å². The minimum atomic E-state index is -0.472. The second-order valence-corrected chi connectivity index (χ2v) is 9.69. The number of hydrogen-bond donors (Lipinski definition) is 2. The Hall–Kier alpha value is -3.71. The van der Waals surface area contributed by atoms with Gasteiger partial charge in [-0.3, -0.25) is 0 Å². The molecule has 1 unspecified atom stereocenters. The van der Waals surface area contributed by atoms with Crippen LogP contribution >= 0.6 is 0 Å². The third kappa shape index (κ3) is 5.41. The number of benzene rings is 2. The lowest BCUT2D eigenvalue weighted by Crippen LogP contribution is -2.40. The van der Waals surface area contributed by atoms with Crippen molar-refractivity contribution in [2.24, 2.45) is 0 Å². The number of aryl methyl sites for hydroxylation is 3. The van der Waals surface area contributed by atoms with Gasteiger partial charge in [-0.25, -0.2) is 9.97 Å². The minimum Gasteiger partial charge on any atom is -0.491 e. The van der Waals surface area contributed by atoms with E-state index >= 15 is 0 Å². The van der Waals surface area contributed by atoms with Crippen LogP contribution in [-0.4, -0.2) is 44.5 Å². The van der Waals surface area contributed by atoms with Gasteiger partial charge in [0.2, 0.25) is 0 Å². The molecule has 0 amide bonds. The highest BCUT2D eigenvalue weighted by Gasteiger charge is 2.28. The summed E-state index contributed by atoms with van der Waals surface area (Å²) in [6.45, 7) is 5.50. The van der Waals surface area contributed by atoms with E-state index in [1.807, 2.05) is 0 Å². The van der Waals surface area contributed by atoms with E-state index in [9.17, 15) is 10.2 Å². The van der Waals surface area contributed by atoms with E-state index in [1.165, 1.54) is 11.1 Å². The summed E-state index contributed by atoms with van der Waals surface area (Å²) in [5.41, 5.74) is 7.02. The number of aromatic hydroxyl groups is 1. The van der Waals surface area contributed by atoms with Crippen LogP contribution in [0.15, 0.2) is 59.1 Å². The standard InChI is InChI=1S/C29H32N4O3/c1-19-7-11-21(12-8-19)27-28(22-13-9-20(2)10-14-22)31-29-25(30-27)16-23(34)18-33(29)15-5-3-4-6-24-17-26(35)32-36-24/h7-14,17,23,34H,3-6,15-16,18H2,1-2H3,(H,32,35). The first-order valence-corrected chi connectivity index (χ1v) is 12.6. The van der Waals surface area contributed by atoms with Crippen LogP contribution in [0.4, 0.5) is 5.82 Å². The molecule has 7 nitrogen and oxygen atoms in total. The van der Waals surface area contributed by atoms with E-state index in [2.05, 4.69) is 72.4 Å². The van der Waals surface area contributed by atoms with Gasteiger partial charge in [0.05, 0.1) is 23.2 Å². The van der Waals surface area contributed by atoms with Crippen molar-refractivity contribution in [3.8, 4) is 28.4 Å². The summed E-state index contributed by atoms with van der Waals surface area (Å²) in [6, 6.07) is 18.3. The molecule has 1 atom stereocenters. The predicted molar refractivity (Wildman–Crippen MR) is 140 cm³/mol. The summed E-state index contributed by atoms with van der Waals surface area (Å²) in [6.07, 6.45) is 3.64. The molecule has 2 aromatic heterocycles. The van der Waals surface area contributed by atoms with E-state index < -0.39 is 6.10 Å². The quantitative estimate of drug-likeness (QED) is 0.330. The van der Waals surface area contributed by atoms with Crippen LogP contribution in [0.3, 0.4) is 0 Å². The number of unbranched alkanes of at least 4 members (excludes halogenated alkanes) is 2. The van der Waals surface area contributed by atoms with Crippen LogP contribution in [0.2, 0.25) is 0 Å². The summed E-state index contributed by atoms with van der Waals surface area (Å²) in [7, 11) is 0. The summed E-state index contributed by atoms with van der Waals surface area (Å²) in [4.78, 5) is 12.4. The molecule has 4 aromatic rings. The number of aromatic nitrogens is 3. The maximum absolute atomic E-state index is 10.6. The molecular formula is C29H32N4O3. The Morgan fingerprint density at radius 1 is 0.889 bits per heavy atom. The molecule has 0 saturated carbocycles. The third-order valence-corrected chi connectivity index (χ3v) is 6.65. The number of nitrogens with zero attached hydrogens (tertiary/aromatic N) is 4. The first-order valence-electron chi connectivity index (χ1n) is 12.6. The van der Waals surface area contributed by atoms with Gasteiger partial charge in [0, 0.05) is 43.1 Å². The topological polar surface area (TPSA) is 95.5 Å². The van der Waals surface area contributed by atoms with E-state index in [0.717, 1.165) is 66.3 Å². The number of rotatable bonds is 8. The molecule has 1 aliphatic rings. The van der Waals surface area contributed by atoms with Crippen LogP contribution in [0, 0.1) is 13.8 Å². The molecule has 0 aliphatic carbocycles. The molecule has 2 N–H and O–H groups in total. The summed E-state index contributed by atoms with van der Waals surface area (Å²) in [5, 5.41) is 23.5. The number of fused-ring (bicyclic) bond motifs is 1.